The molecule has 0 aliphatic carbocycles. The van der Waals surface area contributed by atoms with Gasteiger partial charge in [0.05, 0.1) is 26.2 Å². The zero-order valence-corrected chi connectivity index (χ0v) is 16.1. The molecular formula is C15H24ClN3O5S. The second kappa shape index (κ2) is 9.12. The van der Waals surface area contributed by atoms with Crippen LogP contribution in [0.1, 0.15) is 23.2 Å². The van der Waals surface area contributed by atoms with E-state index in [4.69, 9.17) is 9.47 Å². The summed E-state index contributed by atoms with van der Waals surface area (Å²) in [7, 11) is -0.705. The Morgan fingerprint density at radius 3 is 2.52 bits per heavy atom. The lowest BCUT2D eigenvalue weighted by Gasteiger charge is -2.24. The van der Waals surface area contributed by atoms with Gasteiger partial charge in [-0.3, -0.25) is 9.52 Å². The number of rotatable bonds is 6. The number of piperidine rings is 1. The fraction of sp³-hybridized carbons (Fsp3) is 0.533. The number of amides is 1. The lowest BCUT2D eigenvalue weighted by atomic mass is 10.1. The smallest absolute Gasteiger partial charge is 0.251 e. The number of sulfonamides is 1. The molecule has 142 valence electrons. The van der Waals surface area contributed by atoms with E-state index in [9.17, 15) is 13.2 Å². The summed E-state index contributed by atoms with van der Waals surface area (Å²) in [6.45, 7) is 1.67. The van der Waals surface area contributed by atoms with E-state index in [1.807, 2.05) is 0 Å². The first-order valence-electron chi connectivity index (χ1n) is 7.59. The summed E-state index contributed by atoms with van der Waals surface area (Å²) >= 11 is 0. The summed E-state index contributed by atoms with van der Waals surface area (Å²) < 4.78 is 35.9. The largest absolute Gasteiger partial charge is 0.493 e. The van der Waals surface area contributed by atoms with E-state index in [-0.39, 0.29) is 41.5 Å². The minimum Gasteiger partial charge on any atom is -0.493 e. The van der Waals surface area contributed by atoms with Crippen LogP contribution in [0.25, 0.3) is 0 Å². The Balaban J connectivity index is 0.00000312. The maximum Gasteiger partial charge on any atom is 0.251 e. The zero-order valence-electron chi connectivity index (χ0n) is 14.4. The van der Waals surface area contributed by atoms with E-state index in [1.165, 1.54) is 26.4 Å². The Bertz CT molecular complexity index is 705. The van der Waals surface area contributed by atoms with Crippen molar-refractivity contribution in [1.82, 2.24) is 10.6 Å². The van der Waals surface area contributed by atoms with E-state index >= 15 is 0 Å². The summed E-state index contributed by atoms with van der Waals surface area (Å²) in [5.41, 5.74) is 0.454. The first-order chi connectivity index (χ1) is 11.3. The molecule has 2 rings (SSSR count). The minimum atomic E-state index is -3.53. The molecule has 25 heavy (non-hydrogen) atoms. The molecule has 8 nitrogen and oxygen atoms in total. The molecule has 0 aromatic heterocycles. The van der Waals surface area contributed by atoms with E-state index in [0.717, 1.165) is 25.6 Å². The molecule has 1 aromatic carbocycles. The normalized spacial score (nSPS) is 17.2. The first kappa shape index (κ1) is 21.3. The quantitative estimate of drug-likeness (QED) is 0.665. The molecule has 1 atom stereocenters. The van der Waals surface area contributed by atoms with Gasteiger partial charge in [0.15, 0.2) is 11.5 Å². The van der Waals surface area contributed by atoms with Gasteiger partial charge in [-0.05, 0) is 31.5 Å². The summed E-state index contributed by atoms with van der Waals surface area (Å²) in [6.07, 6.45) is 2.93. The highest BCUT2D eigenvalue weighted by Gasteiger charge is 2.21. The molecule has 1 fully saturated rings. The lowest BCUT2D eigenvalue weighted by Crippen LogP contribution is -2.45. The topological polar surface area (TPSA) is 106 Å². The predicted molar refractivity (Wildman–Crippen MR) is 98.6 cm³/mol. The molecule has 0 unspecified atom stereocenters. The molecule has 1 aliphatic rings. The number of nitrogens with one attached hydrogen (secondary N) is 3. The second-order valence-corrected chi connectivity index (χ2v) is 7.40. The third-order valence-electron chi connectivity index (χ3n) is 3.67. The van der Waals surface area contributed by atoms with Gasteiger partial charge < -0.3 is 20.1 Å². The van der Waals surface area contributed by atoms with Crippen LogP contribution < -0.4 is 24.8 Å². The summed E-state index contributed by atoms with van der Waals surface area (Å²) in [5, 5.41) is 6.16. The van der Waals surface area contributed by atoms with E-state index in [1.54, 1.807) is 0 Å². The predicted octanol–water partition coefficient (Wildman–Crippen LogP) is 0.979. The van der Waals surface area contributed by atoms with Crippen LogP contribution in [0.15, 0.2) is 12.1 Å². The fourth-order valence-electron chi connectivity index (χ4n) is 2.61. The van der Waals surface area contributed by atoms with Gasteiger partial charge in [-0.1, -0.05) is 0 Å². The van der Waals surface area contributed by atoms with Crippen LogP contribution in [0.5, 0.6) is 11.5 Å². The molecule has 0 radical (unpaired) electrons. The average Bonchev–Trinajstić information content (AvgIpc) is 2.53. The van der Waals surface area contributed by atoms with Crippen molar-refractivity contribution >= 4 is 34.0 Å². The van der Waals surface area contributed by atoms with E-state index in [0.29, 0.717) is 12.1 Å². The number of hydrogen-bond acceptors (Lipinski definition) is 6. The maximum absolute atomic E-state index is 12.5. The van der Waals surface area contributed by atoms with Crippen molar-refractivity contribution in [3.8, 4) is 11.5 Å². The van der Waals surface area contributed by atoms with E-state index in [2.05, 4.69) is 15.4 Å². The van der Waals surface area contributed by atoms with Crippen molar-refractivity contribution in [2.24, 2.45) is 0 Å². The van der Waals surface area contributed by atoms with Crippen LogP contribution >= 0.6 is 12.4 Å². The Labute approximate surface area is 154 Å². The minimum absolute atomic E-state index is 0. The average molecular weight is 394 g/mol. The first-order valence-corrected chi connectivity index (χ1v) is 9.48. The van der Waals surface area contributed by atoms with Gasteiger partial charge in [0, 0.05) is 18.2 Å². The molecule has 1 amide bonds. The fourth-order valence-corrected chi connectivity index (χ4v) is 3.17. The standard InChI is InChI=1S/C15H23N3O5S.ClH/c1-22-13-8-10(15(19)17-11-5-4-6-16-9-11)7-12(14(13)23-2)18-24(3,20)21;/h7-8,11,16,18H,4-6,9H2,1-3H3,(H,17,19);1H/t11-;/m0./s1. The van der Waals surface area contributed by atoms with Crippen LogP contribution in [0, 0.1) is 0 Å². The van der Waals surface area contributed by atoms with Crippen LogP contribution in [0.4, 0.5) is 5.69 Å². The van der Waals surface area contributed by atoms with Crippen molar-refractivity contribution in [1.29, 1.82) is 0 Å². The van der Waals surface area contributed by atoms with Crippen molar-refractivity contribution < 1.29 is 22.7 Å². The second-order valence-electron chi connectivity index (χ2n) is 5.65. The number of methoxy groups -OCH3 is 2. The Morgan fingerprint density at radius 2 is 2.00 bits per heavy atom. The maximum atomic E-state index is 12.5. The number of hydrogen-bond donors (Lipinski definition) is 3. The molecular weight excluding hydrogens is 370 g/mol. The molecule has 1 aromatic rings. The number of benzene rings is 1. The Hall–Kier alpha value is -1.71. The van der Waals surface area contributed by atoms with Crippen molar-refractivity contribution in [3.05, 3.63) is 17.7 Å². The van der Waals surface area contributed by atoms with Gasteiger partial charge in [0.25, 0.3) is 5.91 Å². The van der Waals surface area contributed by atoms with Crippen molar-refractivity contribution in [2.45, 2.75) is 18.9 Å². The number of carbonyl (C=O) groups excluding carboxylic acids is 1. The number of ether oxygens (including phenoxy) is 2. The lowest BCUT2D eigenvalue weighted by molar-refractivity contribution is 0.0930. The highest BCUT2D eigenvalue weighted by atomic mass is 35.5. The summed E-state index contributed by atoms with van der Waals surface area (Å²) in [5.74, 6) is 0.207. The third-order valence-corrected chi connectivity index (χ3v) is 4.26. The number of anilines is 1. The van der Waals surface area contributed by atoms with Gasteiger partial charge in [-0.2, -0.15) is 0 Å². The molecule has 0 spiro atoms. The molecule has 1 saturated heterocycles. The van der Waals surface area contributed by atoms with Gasteiger partial charge >= 0.3 is 0 Å². The molecule has 10 heteroatoms. The molecule has 0 saturated carbocycles. The molecule has 0 bridgehead atoms. The molecule has 1 heterocycles. The van der Waals surface area contributed by atoms with Crippen LogP contribution in [0.2, 0.25) is 0 Å². The third kappa shape index (κ3) is 5.94. The highest BCUT2D eigenvalue weighted by Crippen LogP contribution is 2.37. The SMILES string of the molecule is COc1cc(C(=O)N[C@H]2CCCNC2)cc(NS(C)(=O)=O)c1OC.Cl. The Morgan fingerprint density at radius 1 is 1.28 bits per heavy atom. The van der Waals surface area contributed by atoms with Gasteiger partial charge in [0.1, 0.15) is 0 Å². The molecule has 3 N–H and O–H groups in total. The van der Waals surface area contributed by atoms with Gasteiger partial charge in [-0.25, -0.2) is 8.42 Å². The monoisotopic (exact) mass is 393 g/mol. The Kier molecular flexibility index (Phi) is 7.78. The van der Waals surface area contributed by atoms with E-state index < -0.39 is 10.0 Å². The van der Waals surface area contributed by atoms with Crippen molar-refractivity contribution in [3.63, 3.8) is 0 Å². The van der Waals surface area contributed by atoms with Crippen molar-refractivity contribution in [2.75, 3.05) is 38.3 Å². The summed E-state index contributed by atoms with van der Waals surface area (Å²) in [6, 6.07) is 3.01. The number of halogens is 1. The zero-order chi connectivity index (χ0) is 17.7. The summed E-state index contributed by atoms with van der Waals surface area (Å²) in [4.78, 5) is 12.5. The van der Waals surface area contributed by atoms with Crippen LogP contribution in [0.3, 0.4) is 0 Å². The van der Waals surface area contributed by atoms with Crippen LogP contribution in [-0.2, 0) is 10.0 Å². The van der Waals surface area contributed by atoms with Gasteiger partial charge in [0.2, 0.25) is 10.0 Å². The van der Waals surface area contributed by atoms with Gasteiger partial charge in [-0.15, -0.1) is 12.4 Å². The highest BCUT2D eigenvalue weighted by molar-refractivity contribution is 7.92. The number of carbonyl (C=O) groups is 1. The molecule has 1 aliphatic heterocycles. The van der Waals surface area contributed by atoms with Crippen LogP contribution in [-0.4, -0.2) is 53.9 Å².